The molecule has 0 aliphatic heterocycles. The van der Waals surface area contributed by atoms with Gasteiger partial charge in [-0.3, -0.25) is 4.79 Å². The number of benzene rings is 2. The van der Waals surface area contributed by atoms with Crippen LogP contribution in [0.1, 0.15) is 6.92 Å². The van der Waals surface area contributed by atoms with E-state index in [0.29, 0.717) is 17.4 Å². The minimum Gasteiger partial charge on any atom is -0.358 e. The smallest absolute Gasteiger partial charge is 0.358 e. The largest absolute Gasteiger partial charge is 0.488 e. The molecule has 0 saturated heterocycles. The van der Waals surface area contributed by atoms with Gasteiger partial charge in [0, 0.05) is 18.7 Å². The highest BCUT2D eigenvalue weighted by atomic mass is 32.3. The molecule has 10 heteroatoms. The highest BCUT2D eigenvalue weighted by Gasteiger charge is 2.12. The highest BCUT2D eigenvalue weighted by Crippen LogP contribution is 2.26. The zero-order chi connectivity index (χ0) is 17.7. The zero-order valence-corrected chi connectivity index (χ0v) is 13.0. The van der Waals surface area contributed by atoms with Gasteiger partial charge in [0.1, 0.15) is 11.4 Å². The van der Waals surface area contributed by atoms with Crippen LogP contribution in [0.2, 0.25) is 0 Å². The lowest BCUT2D eigenvalue weighted by atomic mass is 10.3. The van der Waals surface area contributed by atoms with Gasteiger partial charge in [0.05, 0.1) is 5.69 Å². The van der Waals surface area contributed by atoms with Gasteiger partial charge in [-0.05, 0) is 36.4 Å². The van der Waals surface area contributed by atoms with E-state index in [-0.39, 0.29) is 11.6 Å². The minimum atomic E-state index is -5.23. The topological polar surface area (TPSA) is 97.2 Å². The Balaban J connectivity index is 2.12. The van der Waals surface area contributed by atoms with E-state index in [1.807, 2.05) is 0 Å². The molecule has 2 aromatic carbocycles. The van der Waals surface area contributed by atoms with Gasteiger partial charge in [0.25, 0.3) is 0 Å². The Morgan fingerprint density at radius 2 is 1.79 bits per heavy atom. The SMILES string of the molecule is CC(=O)Nc1ccc(/N=N/c2ccc(OS(=O)(=O)F)cc2F)cc1. The summed E-state index contributed by atoms with van der Waals surface area (Å²) in [6.45, 7) is 1.37. The van der Waals surface area contributed by atoms with E-state index in [1.54, 1.807) is 24.3 Å². The van der Waals surface area contributed by atoms with Crippen LogP contribution in [0.4, 0.5) is 25.3 Å². The maximum atomic E-state index is 13.7. The van der Waals surface area contributed by atoms with Crippen LogP contribution in [0.3, 0.4) is 0 Å². The van der Waals surface area contributed by atoms with E-state index in [1.165, 1.54) is 6.92 Å². The van der Waals surface area contributed by atoms with Crippen LogP contribution in [0, 0.1) is 5.82 Å². The van der Waals surface area contributed by atoms with Gasteiger partial charge in [0.15, 0.2) is 5.82 Å². The Morgan fingerprint density at radius 3 is 2.33 bits per heavy atom. The second kappa shape index (κ2) is 7.13. The molecule has 0 atom stereocenters. The second-order valence-corrected chi connectivity index (χ2v) is 5.47. The lowest BCUT2D eigenvalue weighted by Gasteiger charge is -2.02. The summed E-state index contributed by atoms with van der Waals surface area (Å²) < 4.78 is 50.6. The molecular weight excluding hydrogens is 344 g/mol. The molecule has 0 fully saturated rings. The summed E-state index contributed by atoms with van der Waals surface area (Å²) in [6.07, 6.45) is 0. The van der Waals surface area contributed by atoms with Gasteiger partial charge < -0.3 is 9.50 Å². The van der Waals surface area contributed by atoms with Crippen molar-refractivity contribution in [3.05, 3.63) is 48.3 Å². The summed E-state index contributed by atoms with van der Waals surface area (Å²) in [7, 11) is -5.23. The number of halogens is 2. The van der Waals surface area contributed by atoms with Gasteiger partial charge in [-0.25, -0.2) is 4.39 Å². The molecule has 7 nitrogen and oxygen atoms in total. The summed E-state index contributed by atoms with van der Waals surface area (Å²) >= 11 is 0. The first-order chi connectivity index (χ1) is 11.2. The van der Waals surface area contributed by atoms with Crippen molar-refractivity contribution >= 4 is 33.5 Å². The molecule has 0 bridgehead atoms. The molecule has 2 rings (SSSR count). The maximum absolute atomic E-state index is 13.7. The Kier molecular flexibility index (Phi) is 5.19. The molecule has 0 aliphatic rings. The van der Waals surface area contributed by atoms with Crippen LogP contribution in [0.25, 0.3) is 0 Å². The average Bonchev–Trinajstić information content (AvgIpc) is 2.46. The lowest BCUT2D eigenvalue weighted by molar-refractivity contribution is -0.114. The number of rotatable bonds is 5. The number of anilines is 1. The number of carbonyl (C=O) groups is 1. The minimum absolute atomic E-state index is 0.190. The van der Waals surface area contributed by atoms with Gasteiger partial charge in [-0.1, -0.05) is 3.89 Å². The Labute approximate surface area is 136 Å². The molecular formula is C14H11F2N3O4S. The maximum Gasteiger partial charge on any atom is 0.488 e. The van der Waals surface area contributed by atoms with Crippen LogP contribution in [0.15, 0.2) is 52.7 Å². The predicted molar refractivity (Wildman–Crippen MR) is 82.0 cm³/mol. The summed E-state index contributed by atoms with van der Waals surface area (Å²) in [6, 6.07) is 9.09. The summed E-state index contributed by atoms with van der Waals surface area (Å²) in [4.78, 5) is 10.9. The van der Waals surface area contributed by atoms with E-state index >= 15 is 0 Å². The van der Waals surface area contributed by atoms with E-state index in [9.17, 15) is 21.5 Å². The summed E-state index contributed by atoms with van der Waals surface area (Å²) in [5.74, 6) is -1.67. The molecule has 0 heterocycles. The van der Waals surface area contributed by atoms with E-state index < -0.39 is 22.1 Å². The molecule has 0 radical (unpaired) electrons. The molecule has 1 N–H and O–H groups in total. The first kappa shape index (κ1) is 17.5. The normalized spacial score (nSPS) is 11.5. The number of hydrogen-bond donors (Lipinski definition) is 1. The molecule has 2 aromatic rings. The molecule has 0 unspecified atom stereocenters. The molecule has 0 spiro atoms. The zero-order valence-electron chi connectivity index (χ0n) is 12.2. The molecule has 0 aromatic heterocycles. The van der Waals surface area contributed by atoms with Crippen molar-refractivity contribution in [2.75, 3.05) is 5.32 Å². The van der Waals surface area contributed by atoms with Crippen molar-refractivity contribution in [1.82, 2.24) is 0 Å². The van der Waals surface area contributed by atoms with E-state index in [2.05, 4.69) is 19.7 Å². The fraction of sp³-hybridized carbons (Fsp3) is 0.0714. The second-order valence-electron chi connectivity index (χ2n) is 4.52. The third-order valence-corrected chi connectivity index (χ3v) is 2.97. The van der Waals surface area contributed by atoms with Crippen molar-refractivity contribution in [1.29, 1.82) is 0 Å². The van der Waals surface area contributed by atoms with Crippen molar-refractivity contribution in [3.8, 4) is 5.75 Å². The Hall–Kier alpha value is -2.88. The first-order valence-corrected chi connectivity index (χ1v) is 7.77. The van der Waals surface area contributed by atoms with Crippen LogP contribution in [-0.2, 0) is 15.3 Å². The van der Waals surface area contributed by atoms with Gasteiger partial charge in [-0.15, -0.1) is 5.11 Å². The standard InChI is InChI=1S/C14H11F2N3O4S/c1-9(20)17-10-2-4-11(5-3-10)18-19-14-7-6-12(8-13(14)15)23-24(16,21)22/h2-8H,1H3,(H,17,20)/b19-18+. The summed E-state index contributed by atoms with van der Waals surface area (Å²) in [5, 5.41) is 10.0. The van der Waals surface area contributed by atoms with Gasteiger partial charge >= 0.3 is 10.5 Å². The Bertz CT molecular complexity index is 883. The fourth-order valence-corrected chi connectivity index (χ4v) is 2.00. The van der Waals surface area contributed by atoms with Gasteiger partial charge in [0.2, 0.25) is 5.91 Å². The number of amides is 1. The van der Waals surface area contributed by atoms with Crippen molar-refractivity contribution in [3.63, 3.8) is 0 Å². The number of azo groups is 1. The quantitative estimate of drug-likeness (QED) is 0.652. The monoisotopic (exact) mass is 355 g/mol. The summed E-state index contributed by atoms with van der Waals surface area (Å²) in [5.41, 5.74) is 0.779. The van der Waals surface area contributed by atoms with Crippen molar-refractivity contribution in [2.24, 2.45) is 10.2 Å². The number of hydrogen-bond acceptors (Lipinski definition) is 6. The number of carbonyl (C=O) groups excluding carboxylic acids is 1. The Morgan fingerprint density at radius 1 is 1.12 bits per heavy atom. The van der Waals surface area contributed by atoms with E-state index in [4.69, 9.17) is 0 Å². The third-order valence-electron chi connectivity index (χ3n) is 2.58. The molecule has 0 aliphatic carbocycles. The van der Waals surface area contributed by atoms with Crippen LogP contribution in [0.5, 0.6) is 5.75 Å². The van der Waals surface area contributed by atoms with Crippen LogP contribution in [-0.4, -0.2) is 14.3 Å². The molecule has 1 amide bonds. The number of nitrogens with zero attached hydrogens (tertiary/aromatic N) is 2. The van der Waals surface area contributed by atoms with Crippen LogP contribution >= 0.6 is 0 Å². The van der Waals surface area contributed by atoms with E-state index in [0.717, 1.165) is 12.1 Å². The highest BCUT2D eigenvalue weighted by molar-refractivity contribution is 7.81. The predicted octanol–water partition coefficient (Wildman–Crippen LogP) is 3.79. The van der Waals surface area contributed by atoms with Crippen molar-refractivity contribution < 1.29 is 25.7 Å². The average molecular weight is 355 g/mol. The molecule has 0 saturated carbocycles. The third kappa shape index (κ3) is 5.39. The number of nitrogens with one attached hydrogen (secondary N) is 1. The van der Waals surface area contributed by atoms with Crippen molar-refractivity contribution in [2.45, 2.75) is 6.92 Å². The molecule has 126 valence electrons. The molecule has 24 heavy (non-hydrogen) atoms. The van der Waals surface area contributed by atoms with Gasteiger partial charge in [-0.2, -0.15) is 13.5 Å². The van der Waals surface area contributed by atoms with Crippen LogP contribution < -0.4 is 9.50 Å². The fourth-order valence-electron chi connectivity index (χ4n) is 1.66. The first-order valence-electron chi connectivity index (χ1n) is 6.46. The lowest BCUT2D eigenvalue weighted by Crippen LogP contribution is -2.04.